The molecule has 1 aliphatic heterocycles. The van der Waals surface area contributed by atoms with Crippen LogP contribution in [0.5, 0.6) is 0 Å². The lowest BCUT2D eigenvalue weighted by molar-refractivity contribution is -0.364. The number of benzene rings is 2. The lowest BCUT2D eigenvalue weighted by atomic mass is 10.0. The van der Waals surface area contributed by atoms with Gasteiger partial charge in [0.25, 0.3) is 5.82 Å². The summed E-state index contributed by atoms with van der Waals surface area (Å²) in [4.78, 5) is 7.72. The van der Waals surface area contributed by atoms with Gasteiger partial charge in [0.1, 0.15) is 30.5 Å². The van der Waals surface area contributed by atoms with Gasteiger partial charge in [0.15, 0.2) is 0 Å². The van der Waals surface area contributed by atoms with Crippen LogP contribution in [0.2, 0.25) is 0 Å². The first-order valence-corrected chi connectivity index (χ1v) is 9.02. The van der Waals surface area contributed by atoms with Gasteiger partial charge in [-0.05, 0) is 35.9 Å². The van der Waals surface area contributed by atoms with Crippen molar-refractivity contribution >= 4 is 11.5 Å². The molecule has 0 amide bonds. The van der Waals surface area contributed by atoms with Crippen LogP contribution in [-0.2, 0) is 0 Å². The Hall–Kier alpha value is -3.39. The minimum atomic E-state index is -0.219. The summed E-state index contributed by atoms with van der Waals surface area (Å²) in [5, 5.41) is 9.80. The van der Waals surface area contributed by atoms with Crippen LogP contribution in [0.3, 0.4) is 0 Å². The standard InChI is InChI=1S/C22H19FN4/c23-18-6-8-19(9-7-18)26-12-14-27(15-13-26)22-21(16-24)20(10-11-25-22)17-4-2-1-3-5-17/h1-11H,12-15H2/p+1. The molecule has 0 spiro atoms. The van der Waals surface area contributed by atoms with Crippen LogP contribution in [0.15, 0.2) is 66.9 Å². The zero-order valence-corrected chi connectivity index (χ0v) is 14.9. The van der Waals surface area contributed by atoms with Crippen molar-refractivity contribution in [2.45, 2.75) is 0 Å². The third-order valence-electron chi connectivity index (χ3n) is 4.96. The van der Waals surface area contributed by atoms with Crippen molar-refractivity contribution in [1.29, 1.82) is 5.26 Å². The number of aromatic amines is 1. The largest absolute Gasteiger partial charge is 0.364 e. The number of aromatic nitrogens is 1. The van der Waals surface area contributed by atoms with E-state index in [0.29, 0.717) is 5.56 Å². The molecule has 1 aromatic heterocycles. The third-order valence-corrected chi connectivity index (χ3v) is 4.96. The van der Waals surface area contributed by atoms with Gasteiger partial charge in [-0.25, -0.2) is 9.37 Å². The number of anilines is 2. The number of nitrogens with zero attached hydrogens (tertiary/aromatic N) is 3. The summed E-state index contributed by atoms with van der Waals surface area (Å²) in [5.41, 5.74) is 3.67. The Morgan fingerprint density at radius 3 is 2.19 bits per heavy atom. The average molecular weight is 359 g/mol. The van der Waals surface area contributed by atoms with E-state index in [1.165, 1.54) is 12.1 Å². The van der Waals surface area contributed by atoms with Crippen LogP contribution >= 0.6 is 0 Å². The number of H-pyrrole nitrogens is 1. The highest BCUT2D eigenvalue weighted by Gasteiger charge is 2.28. The van der Waals surface area contributed by atoms with Gasteiger partial charge in [0, 0.05) is 11.3 Å². The van der Waals surface area contributed by atoms with Crippen LogP contribution in [0, 0.1) is 17.1 Å². The van der Waals surface area contributed by atoms with Crippen LogP contribution in [0.25, 0.3) is 11.1 Å². The topological polar surface area (TPSA) is 44.4 Å². The summed E-state index contributed by atoms with van der Waals surface area (Å²) < 4.78 is 13.1. The van der Waals surface area contributed by atoms with Crippen molar-refractivity contribution < 1.29 is 9.37 Å². The van der Waals surface area contributed by atoms with E-state index in [1.54, 1.807) is 0 Å². The van der Waals surface area contributed by atoms with E-state index in [-0.39, 0.29) is 5.82 Å². The molecule has 2 heterocycles. The molecule has 0 saturated carbocycles. The van der Waals surface area contributed by atoms with Gasteiger partial charge < -0.3 is 4.90 Å². The van der Waals surface area contributed by atoms with Crippen molar-refractivity contribution in [2.24, 2.45) is 0 Å². The maximum Gasteiger partial charge on any atom is 0.293 e. The first-order chi connectivity index (χ1) is 13.3. The zero-order valence-electron chi connectivity index (χ0n) is 14.9. The molecule has 1 saturated heterocycles. The van der Waals surface area contributed by atoms with Gasteiger partial charge in [-0.15, -0.1) is 0 Å². The molecule has 1 aliphatic rings. The molecule has 4 rings (SSSR count). The number of pyridine rings is 1. The Bertz CT molecular complexity index is 956. The number of rotatable bonds is 3. The van der Waals surface area contributed by atoms with E-state index < -0.39 is 0 Å². The van der Waals surface area contributed by atoms with Gasteiger partial charge in [0.05, 0.1) is 19.3 Å². The second kappa shape index (κ2) is 7.46. The Morgan fingerprint density at radius 2 is 1.52 bits per heavy atom. The van der Waals surface area contributed by atoms with Crippen LogP contribution in [-0.4, -0.2) is 26.2 Å². The fraction of sp³-hybridized carbons (Fsp3) is 0.182. The van der Waals surface area contributed by atoms with E-state index in [2.05, 4.69) is 20.9 Å². The lowest BCUT2D eigenvalue weighted by Gasteiger charge is -2.32. The first kappa shape index (κ1) is 17.0. The summed E-state index contributed by atoms with van der Waals surface area (Å²) in [6.45, 7) is 3.22. The molecule has 0 radical (unpaired) electrons. The van der Waals surface area contributed by atoms with Crippen LogP contribution in [0.4, 0.5) is 15.9 Å². The number of piperazine rings is 1. The normalized spacial score (nSPS) is 14.1. The third kappa shape index (κ3) is 3.47. The minimum absolute atomic E-state index is 0.219. The van der Waals surface area contributed by atoms with Gasteiger partial charge in [-0.3, -0.25) is 4.90 Å². The number of nitriles is 1. The summed E-state index contributed by atoms with van der Waals surface area (Å²) in [5.74, 6) is 0.640. The van der Waals surface area contributed by atoms with E-state index in [1.807, 2.05) is 54.7 Å². The highest BCUT2D eigenvalue weighted by atomic mass is 19.1. The summed E-state index contributed by atoms with van der Waals surface area (Å²) in [7, 11) is 0. The van der Waals surface area contributed by atoms with Gasteiger partial charge in [-0.2, -0.15) is 5.26 Å². The maximum absolute atomic E-state index is 13.1. The molecule has 0 atom stereocenters. The predicted octanol–water partition coefficient (Wildman–Crippen LogP) is 3.51. The summed E-state index contributed by atoms with van der Waals surface area (Å²) in [6, 6.07) is 20.9. The van der Waals surface area contributed by atoms with Gasteiger partial charge >= 0.3 is 0 Å². The Balaban J connectivity index is 1.57. The number of hydrogen-bond donors (Lipinski definition) is 0. The van der Waals surface area contributed by atoms with Crippen molar-refractivity contribution in [3.63, 3.8) is 0 Å². The SMILES string of the molecule is N#Cc1c(-c2ccccc2)cc[nH+]c1N1CCN(c2ccc(F)cc2)CC1. The molecule has 4 nitrogen and oxygen atoms in total. The fourth-order valence-electron chi connectivity index (χ4n) is 3.55. The van der Waals surface area contributed by atoms with E-state index in [9.17, 15) is 9.65 Å². The Labute approximate surface area is 158 Å². The Kier molecular flexibility index (Phi) is 4.71. The van der Waals surface area contributed by atoms with Crippen LogP contribution < -0.4 is 14.8 Å². The number of halogens is 1. The van der Waals surface area contributed by atoms with E-state index >= 15 is 0 Å². The molecule has 0 bridgehead atoms. The first-order valence-electron chi connectivity index (χ1n) is 9.02. The van der Waals surface area contributed by atoms with Crippen molar-refractivity contribution in [2.75, 3.05) is 36.0 Å². The maximum atomic E-state index is 13.1. The zero-order chi connectivity index (χ0) is 18.6. The van der Waals surface area contributed by atoms with Crippen molar-refractivity contribution in [1.82, 2.24) is 0 Å². The highest BCUT2D eigenvalue weighted by molar-refractivity contribution is 5.75. The molecule has 27 heavy (non-hydrogen) atoms. The van der Waals surface area contributed by atoms with Crippen molar-refractivity contribution in [3.8, 4) is 17.2 Å². The van der Waals surface area contributed by atoms with Gasteiger partial charge in [-0.1, -0.05) is 30.3 Å². The lowest BCUT2D eigenvalue weighted by Crippen LogP contribution is -2.48. The molecule has 5 heteroatoms. The molecule has 0 aliphatic carbocycles. The fourth-order valence-corrected chi connectivity index (χ4v) is 3.55. The summed E-state index contributed by atoms with van der Waals surface area (Å²) >= 11 is 0. The molecule has 2 aromatic carbocycles. The monoisotopic (exact) mass is 359 g/mol. The number of nitrogens with one attached hydrogen (secondary N) is 1. The molecule has 134 valence electrons. The summed E-state index contributed by atoms with van der Waals surface area (Å²) in [6.07, 6.45) is 1.89. The van der Waals surface area contributed by atoms with E-state index in [4.69, 9.17) is 0 Å². The number of hydrogen-bond acceptors (Lipinski definition) is 3. The van der Waals surface area contributed by atoms with E-state index in [0.717, 1.165) is 48.8 Å². The van der Waals surface area contributed by atoms with Crippen LogP contribution in [0.1, 0.15) is 5.56 Å². The predicted molar refractivity (Wildman–Crippen MR) is 104 cm³/mol. The smallest absolute Gasteiger partial charge is 0.293 e. The Morgan fingerprint density at radius 1 is 0.852 bits per heavy atom. The second-order valence-corrected chi connectivity index (χ2v) is 6.54. The molecule has 3 aromatic rings. The molecule has 0 unspecified atom stereocenters. The second-order valence-electron chi connectivity index (χ2n) is 6.54. The highest BCUT2D eigenvalue weighted by Crippen LogP contribution is 2.28. The molecular weight excluding hydrogens is 339 g/mol. The molecular formula is C22H20FN4+. The average Bonchev–Trinajstić information content (AvgIpc) is 2.74. The quantitative estimate of drug-likeness (QED) is 0.719. The minimum Gasteiger partial charge on any atom is -0.364 e. The van der Waals surface area contributed by atoms with Crippen molar-refractivity contribution in [3.05, 3.63) is 78.2 Å². The molecule has 1 N–H and O–H groups in total. The van der Waals surface area contributed by atoms with Gasteiger partial charge in [0.2, 0.25) is 0 Å². The molecule has 1 fully saturated rings.